The number of pyridine rings is 1. The van der Waals surface area contributed by atoms with E-state index in [9.17, 15) is 9.59 Å². The highest BCUT2D eigenvalue weighted by Gasteiger charge is 2.35. The van der Waals surface area contributed by atoms with E-state index in [1.54, 1.807) is 38.5 Å². The summed E-state index contributed by atoms with van der Waals surface area (Å²) in [5.74, 6) is 1.51. The second-order valence-electron chi connectivity index (χ2n) is 7.85. The molecule has 3 heterocycles. The Labute approximate surface area is 186 Å². The number of fused-ring (bicyclic) bond motifs is 4. The van der Waals surface area contributed by atoms with Crippen LogP contribution in [0.25, 0.3) is 6.08 Å². The first kappa shape index (κ1) is 21.1. The molecule has 2 bridgehead atoms. The van der Waals surface area contributed by atoms with Crippen molar-refractivity contribution in [2.75, 3.05) is 27.3 Å². The molecule has 2 aliphatic heterocycles. The Hall–Kier alpha value is -3.13. The Morgan fingerprint density at radius 2 is 1.94 bits per heavy atom. The molecular weight excluding hydrogens is 414 g/mol. The van der Waals surface area contributed by atoms with Crippen LogP contribution in [0.1, 0.15) is 23.6 Å². The summed E-state index contributed by atoms with van der Waals surface area (Å²) in [7, 11) is 3.15. The van der Waals surface area contributed by atoms with Crippen molar-refractivity contribution >= 4 is 29.3 Å². The molecule has 0 unspecified atom stereocenters. The molecule has 1 N–H and O–H groups in total. The van der Waals surface area contributed by atoms with Gasteiger partial charge in [0.15, 0.2) is 16.6 Å². The van der Waals surface area contributed by atoms with Crippen molar-refractivity contribution in [3.8, 4) is 11.5 Å². The maximum Gasteiger partial charge on any atom is 0.250 e. The van der Waals surface area contributed by atoms with Gasteiger partial charge in [0.05, 0.1) is 14.2 Å². The van der Waals surface area contributed by atoms with Crippen molar-refractivity contribution in [3.05, 3.63) is 64.1 Å². The zero-order valence-corrected chi connectivity index (χ0v) is 18.4. The summed E-state index contributed by atoms with van der Waals surface area (Å²) in [6.45, 7) is 2.12. The van der Waals surface area contributed by atoms with Crippen LogP contribution < -0.4 is 20.3 Å². The van der Waals surface area contributed by atoms with E-state index in [1.165, 1.54) is 6.08 Å². The van der Waals surface area contributed by atoms with Gasteiger partial charge in [-0.25, -0.2) is 0 Å². The molecule has 2 aliphatic rings. The molecule has 1 aromatic heterocycles. The predicted molar refractivity (Wildman–Crippen MR) is 122 cm³/mol. The van der Waals surface area contributed by atoms with E-state index in [2.05, 4.69) is 5.32 Å². The van der Waals surface area contributed by atoms with Crippen LogP contribution in [0, 0.1) is 5.92 Å². The predicted octanol–water partition coefficient (Wildman–Crippen LogP) is 2.40. The minimum absolute atomic E-state index is 0.0526. The smallest absolute Gasteiger partial charge is 0.250 e. The number of likely N-dealkylation sites (tertiary alicyclic amines) is 1. The number of piperidine rings is 1. The van der Waals surface area contributed by atoms with Crippen LogP contribution in [-0.4, -0.2) is 47.8 Å². The van der Waals surface area contributed by atoms with Crippen molar-refractivity contribution in [3.63, 3.8) is 0 Å². The van der Waals surface area contributed by atoms with Crippen LogP contribution in [0.5, 0.6) is 11.5 Å². The van der Waals surface area contributed by atoms with Gasteiger partial charge in [0.2, 0.25) is 5.91 Å². The van der Waals surface area contributed by atoms with E-state index in [0.717, 1.165) is 24.2 Å². The highest BCUT2D eigenvalue weighted by atomic mass is 32.1. The summed E-state index contributed by atoms with van der Waals surface area (Å²) in [6, 6.07) is 10.9. The molecule has 8 heteroatoms. The monoisotopic (exact) mass is 439 g/mol. The first-order chi connectivity index (χ1) is 15.0. The molecule has 0 aliphatic carbocycles. The third-order valence-corrected chi connectivity index (χ3v) is 6.19. The second-order valence-corrected chi connectivity index (χ2v) is 8.23. The molecule has 162 valence electrons. The molecule has 1 amide bonds. The Kier molecular flexibility index (Phi) is 6.08. The number of benzene rings is 1. The fourth-order valence-corrected chi connectivity index (χ4v) is 4.67. The van der Waals surface area contributed by atoms with Gasteiger partial charge in [0, 0.05) is 43.4 Å². The van der Waals surface area contributed by atoms with Crippen LogP contribution in [0.4, 0.5) is 0 Å². The Bertz CT molecular complexity index is 1090. The normalized spacial score (nSPS) is 19.6. The SMILES string of the molecule is COc1ccc(/C=C/C(=O)NC(=S)N2C[C@@H]3C[C@H](C2)c2cccc(=O)n2C3)cc1OC. The van der Waals surface area contributed by atoms with Gasteiger partial charge < -0.3 is 18.9 Å². The van der Waals surface area contributed by atoms with Crippen LogP contribution in [0.15, 0.2) is 47.3 Å². The third kappa shape index (κ3) is 4.49. The molecule has 1 fully saturated rings. The van der Waals surface area contributed by atoms with E-state index < -0.39 is 0 Å². The van der Waals surface area contributed by atoms with Gasteiger partial charge in [-0.1, -0.05) is 12.1 Å². The summed E-state index contributed by atoms with van der Waals surface area (Å²) in [5, 5.41) is 3.22. The lowest BCUT2D eigenvalue weighted by Crippen LogP contribution is -2.52. The molecule has 0 spiro atoms. The lowest BCUT2D eigenvalue weighted by Gasteiger charge is -2.43. The number of hydrogen-bond acceptors (Lipinski definition) is 5. The van der Waals surface area contributed by atoms with Gasteiger partial charge in [-0.2, -0.15) is 0 Å². The van der Waals surface area contributed by atoms with Gasteiger partial charge >= 0.3 is 0 Å². The molecule has 7 nitrogen and oxygen atoms in total. The molecule has 1 aromatic carbocycles. The maximum absolute atomic E-state index is 12.4. The lowest BCUT2D eigenvalue weighted by molar-refractivity contribution is -0.115. The number of aromatic nitrogens is 1. The number of rotatable bonds is 4. The van der Waals surface area contributed by atoms with E-state index >= 15 is 0 Å². The van der Waals surface area contributed by atoms with E-state index in [1.807, 2.05) is 27.7 Å². The highest BCUT2D eigenvalue weighted by molar-refractivity contribution is 7.80. The number of nitrogens with zero attached hydrogens (tertiary/aromatic N) is 2. The van der Waals surface area contributed by atoms with E-state index in [4.69, 9.17) is 21.7 Å². The number of carbonyl (C=O) groups excluding carboxylic acids is 1. The molecule has 31 heavy (non-hydrogen) atoms. The molecule has 4 rings (SSSR count). The van der Waals surface area contributed by atoms with Crippen LogP contribution in [-0.2, 0) is 11.3 Å². The average Bonchev–Trinajstić information content (AvgIpc) is 2.78. The van der Waals surface area contributed by atoms with Crippen molar-refractivity contribution in [1.29, 1.82) is 0 Å². The number of amides is 1. The summed E-state index contributed by atoms with van der Waals surface area (Å²) in [6.07, 6.45) is 4.19. The van der Waals surface area contributed by atoms with Gasteiger partial charge in [-0.3, -0.25) is 14.9 Å². The van der Waals surface area contributed by atoms with Crippen molar-refractivity contribution in [2.45, 2.75) is 18.9 Å². The quantitative estimate of drug-likeness (QED) is 0.583. The largest absolute Gasteiger partial charge is 0.493 e. The number of thiocarbonyl (C=S) groups is 1. The van der Waals surface area contributed by atoms with E-state index in [0.29, 0.717) is 35.6 Å². The van der Waals surface area contributed by atoms with Crippen LogP contribution in [0.3, 0.4) is 0 Å². The Morgan fingerprint density at radius 1 is 1.13 bits per heavy atom. The van der Waals surface area contributed by atoms with E-state index in [-0.39, 0.29) is 17.4 Å². The molecule has 2 aromatic rings. The highest BCUT2D eigenvalue weighted by Crippen LogP contribution is 2.35. The van der Waals surface area contributed by atoms with Crippen LogP contribution >= 0.6 is 12.2 Å². The minimum Gasteiger partial charge on any atom is -0.493 e. The van der Waals surface area contributed by atoms with Crippen molar-refractivity contribution < 1.29 is 14.3 Å². The first-order valence-corrected chi connectivity index (χ1v) is 10.6. The third-order valence-electron chi connectivity index (χ3n) is 5.83. The topological polar surface area (TPSA) is 72.8 Å². The number of ether oxygens (including phenoxy) is 2. The summed E-state index contributed by atoms with van der Waals surface area (Å²) >= 11 is 5.51. The fraction of sp³-hybridized carbons (Fsp3) is 0.348. The fourth-order valence-electron chi connectivity index (χ4n) is 4.42. The number of hydrogen-bond donors (Lipinski definition) is 1. The lowest BCUT2D eigenvalue weighted by atomic mass is 9.83. The summed E-state index contributed by atoms with van der Waals surface area (Å²) in [4.78, 5) is 26.6. The number of nitrogens with one attached hydrogen (secondary N) is 1. The molecule has 0 radical (unpaired) electrons. The minimum atomic E-state index is -0.285. The number of methoxy groups -OCH3 is 2. The zero-order chi connectivity index (χ0) is 22.0. The molecule has 0 saturated carbocycles. The standard InChI is InChI=1S/C23H25N3O4S/c1-29-19-8-6-15(11-20(19)30-2)7-9-21(27)24-23(31)25-12-16-10-17(14-25)18-4-3-5-22(28)26(18)13-16/h3-9,11,16-17H,10,12-14H2,1-2H3,(H,24,27,31)/b9-7+/t16-,17+/m0/s1. The Balaban J connectivity index is 1.39. The van der Waals surface area contributed by atoms with Crippen LogP contribution in [0.2, 0.25) is 0 Å². The zero-order valence-electron chi connectivity index (χ0n) is 17.5. The van der Waals surface area contributed by atoms with Gasteiger partial charge in [0.1, 0.15) is 0 Å². The molecule has 1 saturated heterocycles. The average molecular weight is 440 g/mol. The molecule has 2 atom stereocenters. The first-order valence-electron chi connectivity index (χ1n) is 10.2. The van der Waals surface area contributed by atoms with Crippen molar-refractivity contribution in [1.82, 2.24) is 14.8 Å². The number of carbonyl (C=O) groups is 1. The van der Waals surface area contributed by atoms with Gasteiger partial charge in [-0.15, -0.1) is 0 Å². The van der Waals surface area contributed by atoms with Gasteiger partial charge in [0.25, 0.3) is 5.56 Å². The van der Waals surface area contributed by atoms with Gasteiger partial charge in [-0.05, 0) is 54.4 Å². The Morgan fingerprint density at radius 3 is 2.71 bits per heavy atom. The maximum atomic E-state index is 12.4. The van der Waals surface area contributed by atoms with Crippen molar-refractivity contribution in [2.24, 2.45) is 5.92 Å². The molecular formula is C23H25N3O4S. The summed E-state index contributed by atoms with van der Waals surface area (Å²) in [5.41, 5.74) is 1.92. The summed E-state index contributed by atoms with van der Waals surface area (Å²) < 4.78 is 12.4. The second kappa shape index (κ2) is 8.93.